The first-order chi connectivity index (χ1) is 21.9. The van der Waals surface area contributed by atoms with Crippen LogP contribution in [0.15, 0.2) is 188 Å². The summed E-state index contributed by atoms with van der Waals surface area (Å²) < 4.78 is 2.43. The van der Waals surface area contributed by atoms with Crippen molar-refractivity contribution in [3.8, 4) is 16.8 Å². The van der Waals surface area contributed by atoms with Crippen molar-refractivity contribution in [2.75, 3.05) is 0 Å². The molecule has 0 saturated carbocycles. The van der Waals surface area contributed by atoms with Gasteiger partial charge in [-0.3, -0.25) is 0 Å². The molecule has 7 aromatic carbocycles. The van der Waals surface area contributed by atoms with Gasteiger partial charge in [-0.2, -0.15) is 0 Å². The van der Waals surface area contributed by atoms with E-state index in [4.69, 9.17) is 0 Å². The predicted octanol–water partition coefficient (Wildman–Crippen LogP) is 7.83. The van der Waals surface area contributed by atoms with Crippen LogP contribution in [0.5, 0.6) is 0 Å². The second kappa shape index (κ2) is 11.0. The predicted molar refractivity (Wildman–Crippen MR) is 190 cm³/mol. The molecular weight excluding hydrogens is 547 g/mol. The Bertz CT molecular complexity index is 2160. The van der Waals surface area contributed by atoms with Crippen LogP contribution in [0.1, 0.15) is 0 Å². The Balaban J connectivity index is 1.55. The second-order valence-corrected chi connectivity index (χ2v) is 15.1. The molecule has 0 radical (unpaired) electrons. The van der Waals surface area contributed by atoms with Gasteiger partial charge in [0.15, 0.2) is 8.07 Å². The van der Waals surface area contributed by atoms with E-state index in [2.05, 4.69) is 193 Å². The maximum absolute atomic E-state index is 2.85. The summed E-state index contributed by atoms with van der Waals surface area (Å²) in [5.74, 6) is 0. The van der Waals surface area contributed by atoms with E-state index < -0.39 is 8.07 Å². The highest BCUT2D eigenvalue weighted by molar-refractivity contribution is 7.20. The highest BCUT2D eigenvalue weighted by Gasteiger charge is 2.43. The van der Waals surface area contributed by atoms with Crippen LogP contribution in [0.4, 0.5) is 0 Å². The maximum Gasteiger partial charge on any atom is 0.180 e. The van der Waals surface area contributed by atoms with Gasteiger partial charge in [0.2, 0.25) is 0 Å². The van der Waals surface area contributed by atoms with Gasteiger partial charge in [-0.05, 0) is 56.1 Å². The largest absolute Gasteiger partial charge is 0.309 e. The summed E-state index contributed by atoms with van der Waals surface area (Å²) >= 11 is 0. The van der Waals surface area contributed by atoms with Crippen LogP contribution in [-0.4, -0.2) is 12.6 Å². The molecule has 1 heterocycles. The minimum atomic E-state index is -2.85. The maximum atomic E-state index is 2.46. The Morgan fingerprint density at radius 1 is 0.364 bits per heavy atom. The zero-order chi connectivity index (χ0) is 29.3. The monoisotopic (exact) mass is 577 g/mol. The molecule has 44 heavy (non-hydrogen) atoms. The standard InChI is InChI=1S/C42H31NSi/c1-5-17-32(18-6-1)33-19-15-26-37(31-33)44(35-22-9-3-10-23-35,36-24-11-4-12-25-36)41-30-16-29-40-42(41)38-27-13-14-28-39(38)43(40)34-20-7-2-8-21-34/h1-31H. The normalized spacial score (nSPS) is 11.6. The molecule has 0 saturated heterocycles. The summed E-state index contributed by atoms with van der Waals surface area (Å²) in [7, 11) is -2.85. The van der Waals surface area contributed by atoms with Gasteiger partial charge in [0.25, 0.3) is 0 Å². The van der Waals surface area contributed by atoms with Gasteiger partial charge in [-0.1, -0.05) is 164 Å². The summed E-state index contributed by atoms with van der Waals surface area (Å²) in [6.07, 6.45) is 0. The zero-order valence-electron chi connectivity index (χ0n) is 24.3. The van der Waals surface area contributed by atoms with E-state index in [1.165, 1.54) is 59.4 Å². The zero-order valence-corrected chi connectivity index (χ0v) is 25.3. The van der Waals surface area contributed by atoms with Crippen molar-refractivity contribution in [1.82, 2.24) is 4.57 Å². The van der Waals surface area contributed by atoms with E-state index in [0.29, 0.717) is 0 Å². The van der Waals surface area contributed by atoms with E-state index in [9.17, 15) is 0 Å². The number of hydrogen-bond donors (Lipinski definition) is 0. The molecule has 0 amide bonds. The molecule has 0 aliphatic carbocycles. The van der Waals surface area contributed by atoms with Crippen LogP contribution < -0.4 is 20.7 Å². The molecule has 1 nitrogen and oxygen atoms in total. The van der Waals surface area contributed by atoms with Crippen molar-refractivity contribution in [3.05, 3.63) is 188 Å². The number of para-hydroxylation sites is 2. The van der Waals surface area contributed by atoms with Crippen LogP contribution in [0.3, 0.4) is 0 Å². The number of aromatic nitrogens is 1. The molecule has 0 spiro atoms. The number of hydrogen-bond acceptors (Lipinski definition) is 0. The van der Waals surface area contributed by atoms with E-state index in [-0.39, 0.29) is 0 Å². The summed E-state index contributed by atoms with van der Waals surface area (Å²) in [5.41, 5.74) is 6.11. The van der Waals surface area contributed by atoms with E-state index in [1.807, 2.05) is 0 Å². The topological polar surface area (TPSA) is 4.93 Å². The lowest BCUT2D eigenvalue weighted by Gasteiger charge is -2.35. The first kappa shape index (κ1) is 26.2. The van der Waals surface area contributed by atoms with E-state index in [0.717, 1.165) is 0 Å². The molecule has 8 rings (SSSR count). The summed E-state index contributed by atoms with van der Waals surface area (Å²) in [6, 6.07) is 69.2. The fourth-order valence-corrected chi connectivity index (χ4v) is 12.1. The summed E-state index contributed by atoms with van der Waals surface area (Å²) in [6.45, 7) is 0. The summed E-state index contributed by atoms with van der Waals surface area (Å²) in [5, 5.41) is 8.14. The molecular formula is C42H31NSi. The number of nitrogens with zero attached hydrogens (tertiary/aromatic N) is 1. The molecule has 8 aromatic rings. The SMILES string of the molecule is c1ccc(-c2cccc([Si](c3ccccc3)(c3ccccc3)c3cccc4c3c3ccccc3n4-c3ccccc3)c2)cc1. The molecule has 208 valence electrons. The van der Waals surface area contributed by atoms with Gasteiger partial charge < -0.3 is 4.57 Å². The molecule has 0 N–H and O–H groups in total. The Morgan fingerprint density at radius 3 is 1.55 bits per heavy atom. The lowest BCUT2D eigenvalue weighted by atomic mass is 10.1. The van der Waals surface area contributed by atoms with Gasteiger partial charge in [0, 0.05) is 16.5 Å². The van der Waals surface area contributed by atoms with Crippen molar-refractivity contribution in [2.45, 2.75) is 0 Å². The molecule has 0 bridgehead atoms. The number of rotatable bonds is 6. The lowest BCUT2D eigenvalue weighted by Crippen LogP contribution is -2.74. The molecule has 0 aliphatic heterocycles. The highest BCUT2D eigenvalue weighted by atomic mass is 28.3. The molecule has 1 aromatic heterocycles. The molecule has 0 atom stereocenters. The summed E-state index contributed by atoms with van der Waals surface area (Å²) in [4.78, 5) is 0. The fourth-order valence-electron chi connectivity index (χ4n) is 7.09. The third-order valence-corrected chi connectivity index (χ3v) is 13.7. The average molecular weight is 578 g/mol. The lowest BCUT2D eigenvalue weighted by molar-refractivity contribution is 1.18. The molecule has 2 heteroatoms. The molecule has 0 fully saturated rings. The third-order valence-electron chi connectivity index (χ3n) is 8.93. The Morgan fingerprint density at radius 2 is 0.864 bits per heavy atom. The Kier molecular flexibility index (Phi) is 6.55. The van der Waals surface area contributed by atoms with Crippen LogP contribution in [0.25, 0.3) is 38.6 Å². The first-order valence-electron chi connectivity index (χ1n) is 15.2. The first-order valence-corrected chi connectivity index (χ1v) is 17.2. The minimum absolute atomic E-state index is 1.17. The van der Waals surface area contributed by atoms with Gasteiger partial charge >= 0.3 is 0 Å². The average Bonchev–Trinajstić information content (AvgIpc) is 3.45. The highest BCUT2D eigenvalue weighted by Crippen LogP contribution is 2.32. The Hall–Kier alpha value is -5.44. The van der Waals surface area contributed by atoms with Crippen LogP contribution in [-0.2, 0) is 0 Å². The fraction of sp³-hybridized carbons (Fsp3) is 0. The second-order valence-electron chi connectivity index (χ2n) is 11.3. The van der Waals surface area contributed by atoms with Gasteiger partial charge in [0.1, 0.15) is 0 Å². The van der Waals surface area contributed by atoms with E-state index in [1.54, 1.807) is 0 Å². The van der Waals surface area contributed by atoms with Gasteiger partial charge in [-0.25, -0.2) is 0 Å². The van der Waals surface area contributed by atoms with Crippen molar-refractivity contribution < 1.29 is 0 Å². The smallest absolute Gasteiger partial charge is 0.180 e. The minimum Gasteiger partial charge on any atom is -0.309 e. The van der Waals surface area contributed by atoms with Crippen molar-refractivity contribution >= 4 is 50.6 Å². The third kappa shape index (κ3) is 4.15. The molecule has 0 aliphatic rings. The molecule has 0 unspecified atom stereocenters. The van der Waals surface area contributed by atoms with Gasteiger partial charge in [0.05, 0.1) is 11.0 Å². The van der Waals surface area contributed by atoms with Crippen molar-refractivity contribution in [1.29, 1.82) is 0 Å². The van der Waals surface area contributed by atoms with Gasteiger partial charge in [-0.15, -0.1) is 0 Å². The number of benzene rings is 7. The van der Waals surface area contributed by atoms with Crippen LogP contribution in [0.2, 0.25) is 0 Å². The van der Waals surface area contributed by atoms with E-state index >= 15 is 0 Å². The number of fused-ring (bicyclic) bond motifs is 3. The quantitative estimate of drug-likeness (QED) is 0.140. The van der Waals surface area contributed by atoms with Crippen LogP contribution >= 0.6 is 0 Å². The van der Waals surface area contributed by atoms with Crippen molar-refractivity contribution in [3.63, 3.8) is 0 Å². The van der Waals surface area contributed by atoms with Crippen molar-refractivity contribution in [2.24, 2.45) is 0 Å². The Labute approximate surface area is 259 Å². The van der Waals surface area contributed by atoms with Crippen LogP contribution in [0, 0.1) is 0 Å².